The number of aromatic nitrogens is 1. The second kappa shape index (κ2) is 11.7. The molecule has 2 fully saturated rings. The normalized spacial score (nSPS) is 20.9. The monoisotopic (exact) mass is 564 g/mol. The van der Waals surface area contributed by atoms with Crippen molar-refractivity contribution in [3.05, 3.63) is 71.4 Å². The molecule has 3 aromatic rings. The van der Waals surface area contributed by atoms with Gasteiger partial charge in [-0.25, -0.2) is 4.98 Å². The lowest BCUT2D eigenvalue weighted by Crippen LogP contribution is -2.54. The summed E-state index contributed by atoms with van der Waals surface area (Å²) in [5, 5.41) is 13.0. The van der Waals surface area contributed by atoms with Gasteiger partial charge in [-0.15, -0.1) is 0 Å². The largest absolute Gasteiger partial charge is 0.475 e. The van der Waals surface area contributed by atoms with E-state index in [1.54, 1.807) is 0 Å². The Bertz CT molecular complexity index is 1560. The Kier molecular flexibility index (Phi) is 7.78. The van der Waals surface area contributed by atoms with Crippen molar-refractivity contribution in [2.75, 3.05) is 56.2 Å². The van der Waals surface area contributed by atoms with Gasteiger partial charge in [-0.2, -0.15) is 5.26 Å². The molecule has 6 rings (SSSR count). The fourth-order valence-corrected chi connectivity index (χ4v) is 7.03. The van der Waals surface area contributed by atoms with Gasteiger partial charge in [-0.1, -0.05) is 36.9 Å². The Hall–Kier alpha value is -4.09. The highest BCUT2D eigenvalue weighted by molar-refractivity contribution is 5.97. The van der Waals surface area contributed by atoms with Crippen molar-refractivity contribution in [3.63, 3.8) is 0 Å². The zero-order chi connectivity index (χ0) is 29.4. The van der Waals surface area contributed by atoms with Crippen LogP contribution in [0.25, 0.3) is 10.8 Å². The van der Waals surface area contributed by atoms with Crippen LogP contribution in [0.2, 0.25) is 0 Å². The van der Waals surface area contributed by atoms with Crippen LogP contribution in [0.3, 0.4) is 0 Å². The molecule has 0 spiro atoms. The number of amides is 1. The molecule has 1 amide bonds. The van der Waals surface area contributed by atoms with Crippen molar-refractivity contribution in [3.8, 4) is 11.9 Å². The van der Waals surface area contributed by atoms with Gasteiger partial charge in [0.2, 0.25) is 11.8 Å². The van der Waals surface area contributed by atoms with E-state index < -0.39 is 0 Å². The van der Waals surface area contributed by atoms with Gasteiger partial charge in [0.15, 0.2) is 0 Å². The summed E-state index contributed by atoms with van der Waals surface area (Å²) in [5.41, 5.74) is 6.01. The highest BCUT2D eigenvalue weighted by atomic mass is 16.5. The van der Waals surface area contributed by atoms with Gasteiger partial charge in [0.25, 0.3) is 0 Å². The number of pyridine rings is 1. The van der Waals surface area contributed by atoms with Crippen molar-refractivity contribution >= 4 is 28.1 Å². The Morgan fingerprint density at radius 3 is 2.69 bits per heavy atom. The Balaban J connectivity index is 1.39. The lowest BCUT2D eigenvalue weighted by molar-refractivity contribution is -0.128. The van der Waals surface area contributed by atoms with Crippen molar-refractivity contribution in [2.45, 2.75) is 51.7 Å². The maximum Gasteiger partial charge on any atom is 0.246 e. The van der Waals surface area contributed by atoms with Crippen LogP contribution >= 0.6 is 0 Å². The van der Waals surface area contributed by atoms with Crippen LogP contribution in [0.4, 0.5) is 11.4 Å². The zero-order valence-corrected chi connectivity index (χ0v) is 25.0. The third-order valence-electron chi connectivity index (χ3n) is 9.32. The van der Waals surface area contributed by atoms with E-state index in [1.807, 2.05) is 4.90 Å². The third kappa shape index (κ3) is 5.07. The van der Waals surface area contributed by atoms with E-state index in [2.05, 4.69) is 84.6 Å². The van der Waals surface area contributed by atoms with E-state index in [9.17, 15) is 10.1 Å². The predicted octanol–water partition coefficient (Wildman–Crippen LogP) is 4.67. The zero-order valence-electron chi connectivity index (χ0n) is 25.0. The number of piperazine rings is 1. The smallest absolute Gasteiger partial charge is 0.246 e. The minimum Gasteiger partial charge on any atom is -0.475 e. The number of hydrogen-bond donors (Lipinski definition) is 0. The number of fused-ring (bicyclic) bond motifs is 2. The van der Waals surface area contributed by atoms with Crippen LogP contribution in [0, 0.1) is 18.3 Å². The number of likely N-dealkylation sites (tertiary alicyclic amines) is 1. The van der Waals surface area contributed by atoms with Crippen LogP contribution in [-0.4, -0.2) is 79.2 Å². The number of carbonyl (C=O) groups excluding carboxylic acids is 1. The Morgan fingerprint density at radius 2 is 1.98 bits per heavy atom. The summed E-state index contributed by atoms with van der Waals surface area (Å²) in [4.78, 5) is 26.4. The molecule has 2 saturated heterocycles. The molecule has 3 aliphatic heterocycles. The van der Waals surface area contributed by atoms with Crippen molar-refractivity contribution < 1.29 is 9.53 Å². The number of benzene rings is 2. The minimum absolute atomic E-state index is 0.00476. The second-order valence-corrected chi connectivity index (χ2v) is 11.9. The number of rotatable bonds is 6. The van der Waals surface area contributed by atoms with E-state index in [4.69, 9.17) is 9.72 Å². The summed E-state index contributed by atoms with van der Waals surface area (Å²) in [6.45, 7) is 12.8. The van der Waals surface area contributed by atoms with E-state index >= 15 is 0 Å². The fraction of sp³-hybridized carbons (Fsp3) is 0.441. The third-order valence-corrected chi connectivity index (χ3v) is 9.32. The van der Waals surface area contributed by atoms with Gasteiger partial charge < -0.3 is 24.3 Å². The van der Waals surface area contributed by atoms with Crippen molar-refractivity contribution in [1.29, 1.82) is 5.26 Å². The molecular formula is C34H40N6O2. The molecule has 1 aromatic heterocycles. The standard InChI is InChI=1S/C34H40N6O2/c1-5-31(41)40-18-17-39(20-24(40)3)33-27-14-16-38(30-13-7-11-25-10-6-9-23(2)32(25)30)21-29(27)36-34(28(33)19-35)42-22-26-12-8-15-37(26)4/h5-7,9-11,13,24,26H,1,8,12,14-18,20-22H2,2-4H3/t24-,26-/m0/s1. The van der Waals surface area contributed by atoms with Crippen LogP contribution in [0.5, 0.6) is 5.88 Å². The first kappa shape index (κ1) is 28.0. The van der Waals surface area contributed by atoms with Gasteiger partial charge in [-0.3, -0.25) is 4.79 Å². The molecule has 218 valence electrons. The van der Waals surface area contributed by atoms with Gasteiger partial charge in [0.1, 0.15) is 18.2 Å². The second-order valence-electron chi connectivity index (χ2n) is 11.9. The summed E-state index contributed by atoms with van der Waals surface area (Å²) in [6, 6.07) is 15.7. The molecule has 8 nitrogen and oxygen atoms in total. The SMILES string of the molecule is C=CC(=O)N1CCN(c2c(C#N)c(OC[C@@H]3CCCN3C)nc3c2CCN(c2cccc4cccc(C)c24)C3)C[C@@H]1C. The van der Waals surface area contributed by atoms with E-state index in [1.165, 1.54) is 28.1 Å². The Morgan fingerprint density at radius 1 is 1.17 bits per heavy atom. The predicted molar refractivity (Wildman–Crippen MR) is 167 cm³/mol. The van der Waals surface area contributed by atoms with Crippen LogP contribution < -0.4 is 14.5 Å². The van der Waals surface area contributed by atoms with Crippen LogP contribution in [-0.2, 0) is 17.8 Å². The number of likely N-dealkylation sites (N-methyl/N-ethyl adjacent to an activating group) is 1. The number of nitriles is 1. The molecule has 42 heavy (non-hydrogen) atoms. The average Bonchev–Trinajstić information content (AvgIpc) is 3.42. The quantitative estimate of drug-likeness (QED) is 0.403. The minimum atomic E-state index is -0.0508. The summed E-state index contributed by atoms with van der Waals surface area (Å²) >= 11 is 0. The maximum atomic E-state index is 12.5. The van der Waals surface area contributed by atoms with Gasteiger partial charge in [-0.05, 0) is 69.8 Å². The molecular weight excluding hydrogens is 524 g/mol. The van der Waals surface area contributed by atoms with E-state index in [-0.39, 0.29) is 11.9 Å². The fourth-order valence-electron chi connectivity index (χ4n) is 7.03. The number of aryl methyl sites for hydroxylation is 1. The number of anilines is 2. The molecule has 0 saturated carbocycles. The first-order valence-electron chi connectivity index (χ1n) is 15.1. The van der Waals surface area contributed by atoms with Gasteiger partial charge in [0, 0.05) is 54.9 Å². The lowest BCUT2D eigenvalue weighted by Gasteiger charge is -2.42. The topological polar surface area (TPSA) is 75.9 Å². The lowest BCUT2D eigenvalue weighted by atomic mass is 9.96. The number of nitrogens with zero attached hydrogens (tertiary/aromatic N) is 6. The summed E-state index contributed by atoms with van der Waals surface area (Å²) in [5.74, 6) is 0.380. The number of ether oxygens (including phenoxy) is 1. The summed E-state index contributed by atoms with van der Waals surface area (Å²) in [7, 11) is 2.13. The first-order valence-corrected chi connectivity index (χ1v) is 15.1. The van der Waals surface area contributed by atoms with Crippen molar-refractivity contribution in [2.24, 2.45) is 0 Å². The number of hydrogen-bond acceptors (Lipinski definition) is 7. The maximum absolute atomic E-state index is 12.5. The highest BCUT2D eigenvalue weighted by Gasteiger charge is 2.34. The van der Waals surface area contributed by atoms with E-state index in [0.29, 0.717) is 50.3 Å². The van der Waals surface area contributed by atoms with Gasteiger partial charge in [0.05, 0.1) is 17.9 Å². The molecule has 2 aromatic carbocycles. The Labute approximate surface area is 248 Å². The molecule has 3 aliphatic rings. The van der Waals surface area contributed by atoms with Crippen LogP contribution in [0.15, 0.2) is 49.1 Å². The van der Waals surface area contributed by atoms with Crippen molar-refractivity contribution in [1.82, 2.24) is 14.8 Å². The van der Waals surface area contributed by atoms with Gasteiger partial charge >= 0.3 is 0 Å². The summed E-state index contributed by atoms with van der Waals surface area (Å²) < 4.78 is 6.42. The van der Waals surface area contributed by atoms with E-state index in [0.717, 1.165) is 49.3 Å². The van der Waals surface area contributed by atoms with Crippen LogP contribution in [0.1, 0.15) is 42.1 Å². The molecule has 8 heteroatoms. The molecule has 0 N–H and O–H groups in total. The number of carbonyl (C=O) groups is 1. The summed E-state index contributed by atoms with van der Waals surface area (Å²) in [6.07, 6.45) is 4.40. The molecule has 0 aliphatic carbocycles. The highest BCUT2D eigenvalue weighted by Crippen LogP contribution is 2.40. The molecule has 0 bridgehead atoms. The molecule has 0 unspecified atom stereocenters. The molecule has 2 atom stereocenters. The average molecular weight is 565 g/mol. The molecule has 0 radical (unpaired) electrons. The first-order chi connectivity index (χ1) is 20.4. The molecule has 4 heterocycles.